The molecule has 1 aromatic rings. The molecule has 0 unspecified atom stereocenters. The van der Waals surface area contributed by atoms with E-state index in [1.165, 1.54) is 0 Å². The maximum Gasteiger partial charge on any atom is 0.387 e. The molecule has 0 aromatic heterocycles. The topological polar surface area (TPSA) is 29.5 Å². The first-order chi connectivity index (χ1) is 6.54. The molecule has 0 aliphatic carbocycles. The number of aliphatic hydroxyl groups is 1. The SMILES string of the molecule is OCc1cc(F)c(OC(F)F)c(F)c1. The highest BCUT2D eigenvalue weighted by Gasteiger charge is 2.16. The summed E-state index contributed by atoms with van der Waals surface area (Å²) >= 11 is 0. The highest BCUT2D eigenvalue weighted by Crippen LogP contribution is 2.24. The number of hydrogen-bond acceptors (Lipinski definition) is 2. The van der Waals surface area contributed by atoms with Crippen LogP contribution in [0.15, 0.2) is 12.1 Å². The maximum absolute atomic E-state index is 12.8. The van der Waals surface area contributed by atoms with Gasteiger partial charge in [-0.25, -0.2) is 8.78 Å². The fourth-order valence-corrected chi connectivity index (χ4v) is 0.905. The summed E-state index contributed by atoms with van der Waals surface area (Å²) in [5, 5.41) is 8.54. The smallest absolute Gasteiger partial charge is 0.387 e. The summed E-state index contributed by atoms with van der Waals surface area (Å²) in [6.07, 6.45) is 0. The monoisotopic (exact) mass is 210 g/mol. The molecule has 0 saturated heterocycles. The van der Waals surface area contributed by atoms with Gasteiger partial charge in [-0.05, 0) is 17.7 Å². The predicted molar refractivity (Wildman–Crippen MR) is 38.9 cm³/mol. The van der Waals surface area contributed by atoms with E-state index < -0.39 is 30.6 Å². The third kappa shape index (κ3) is 2.35. The van der Waals surface area contributed by atoms with Crippen LogP contribution in [0.25, 0.3) is 0 Å². The molecule has 78 valence electrons. The van der Waals surface area contributed by atoms with Gasteiger partial charge in [0.25, 0.3) is 0 Å². The van der Waals surface area contributed by atoms with Crippen LogP contribution >= 0.6 is 0 Å². The minimum absolute atomic E-state index is 0.0541. The average Bonchev–Trinajstić information content (AvgIpc) is 2.10. The molecule has 0 fully saturated rings. The molecular formula is C8H6F4O2. The number of aliphatic hydroxyl groups excluding tert-OH is 1. The van der Waals surface area contributed by atoms with Crippen molar-refractivity contribution in [1.29, 1.82) is 0 Å². The standard InChI is InChI=1S/C8H6F4O2/c9-5-1-4(3-13)2-6(10)7(5)14-8(11)12/h1-2,8,13H,3H2. The molecule has 2 nitrogen and oxygen atoms in total. The Balaban J connectivity index is 3.05. The first-order valence-electron chi connectivity index (χ1n) is 3.58. The van der Waals surface area contributed by atoms with Crippen LogP contribution in [0.3, 0.4) is 0 Å². The summed E-state index contributed by atoms with van der Waals surface area (Å²) in [5.41, 5.74) is -0.0541. The third-order valence-corrected chi connectivity index (χ3v) is 1.45. The maximum atomic E-state index is 12.8. The summed E-state index contributed by atoms with van der Waals surface area (Å²) in [6, 6.07) is 1.45. The van der Waals surface area contributed by atoms with Gasteiger partial charge in [0, 0.05) is 0 Å². The van der Waals surface area contributed by atoms with Crippen molar-refractivity contribution in [3.8, 4) is 5.75 Å². The lowest BCUT2D eigenvalue weighted by Gasteiger charge is -2.07. The minimum Gasteiger partial charge on any atom is -0.429 e. The Labute approximate surface area is 76.7 Å². The van der Waals surface area contributed by atoms with Crippen molar-refractivity contribution in [3.63, 3.8) is 0 Å². The Bertz CT molecular complexity index is 304. The van der Waals surface area contributed by atoms with Crippen LogP contribution in [0.5, 0.6) is 5.75 Å². The van der Waals surface area contributed by atoms with E-state index in [-0.39, 0.29) is 5.56 Å². The lowest BCUT2D eigenvalue weighted by atomic mass is 10.2. The predicted octanol–water partition coefficient (Wildman–Crippen LogP) is 2.06. The van der Waals surface area contributed by atoms with Crippen LogP contribution in [-0.4, -0.2) is 11.7 Å². The van der Waals surface area contributed by atoms with E-state index in [0.717, 1.165) is 12.1 Å². The summed E-state index contributed by atoms with van der Waals surface area (Å²) in [6.45, 7) is -3.87. The van der Waals surface area contributed by atoms with E-state index in [1.54, 1.807) is 0 Å². The minimum atomic E-state index is -3.29. The van der Waals surface area contributed by atoms with Crippen LogP contribution in [0.4, 0.5) is 17.6 Å². The number of benzene rings is 1. The summed E-state index contributed by atoms with van der Waals surface area (Å²) in [5.74, 6) is -3.68. The molecule has 1 aromatic carbocycles. The van der Waals surface area contributed by atoms with Gasteiger partial charge in [0.1, 0.15) is 0 Å². The van der Waals surface area contributed by atoms with Crippen molar-refractivity contribution in [3.05, 3.63) is 29.3 Å². The van der Waals surface area contributed by atoms with E-state index in [1.807, 2.05) is 0 Å². The zero-order valence-electron chi connectivity index (χ0n) is 6.81. The second kappa shape index (κ2) is 4.28. The fraction of sp³-hybridized carbons (Fsp3) is 0.250. The van der Waals surface area contributed by atoms with Gasteiger partial charge in [0.15, 0.2) is 17.4 Å². The molecule has 0 amide bonds. The Kier molecular flexibility index (Phi) is 3.29. The molecule has 1 rings (SSSR count). The Morgan fingerprint density at radius 2 is 1.71 bits per heavy atom. The van der Waals surface area contributed by atoms with Gasteiger partial charge in [-0.2, -0.15) is 8.78 Å². The molecule has 0 heterocycles. The molecule has 0 saturated carbocycles. The summed E-state index contributed by atoms with van der Waals surface area (Å²) in [7, 11) is 0. The number of halogens is 4. The number of rotatable bonds is 3. The molecule has 1 N–H and O–H groups in total. The zero-order chi connectivity index (χ0) is 10.7. The molecule has 0 aliphatic rings. The van der Waals surface area contributed by atoms with Crippen LogP contribution in [0.1, 0.15) is 5.56 Å². The summed E-state index contributed by atoms with van der Waals surface area (Å²) < 4.78 is 52.6. The first-order valence-corrected chi connectivity index (χ1v) is 3.58. The van der Waals surface area contributed by atoms with Crippen LogP contribution in [0.2, 0.25) is 0 Å². The van der Waals surface area contributed by atoms with E-state index in [4.69, 9.17) is 5.11 Å². The highest BCUT2D eigenvalue weighted by molar-refractivity contribution is 5.31. The van der Waals surface area contributed by atoms with Crippen molar-refractivity contribution in [2.24, 2.45) is 0 Å². The van der Waals surface area contributed by atoms with Crippen molar-refractivity contribution in [2.45, 2.75) is 13.2 Å². The van der Waals surface area contributed by atoms with Gasteiger partial charge in [-0.1, -0.05) is 0 Å². The molecule has 0 radical (unpaired) electrons. The van der Waals surface area contributed by atoms with Gasteiger partial charge >= 0.3 is 6.61 Å². The zero-order valence-corrected chi connectivity index (χ0v) is 6.81. The van der Waals surface area contributed by atoms with Crippen LogP contribution < -0.4 is 4.74 Å². The fourth-order valence-electron chi connectivity index (χ4n) is 0.905. The molecule has 0 spiro atoms. The normalized spacial score (nSPS) is 10.7. The molecule has 0 aliphatic heterocycles. The van der Waals surface area contributed by atoms with Crippen molar-refractivity contribution >= 4 is 0 Å². The number of ether oxygens (including phenoxy) is 1. The van der Waals surface area contributed by atoms with E-state index in [9.17, 15) is 17.6 Å². The molecule has 6 heteroatoms. The van der Waals surface area contributed by atoms with E-state index in [0.29, 0.717) is 0 Å². The summed E-state index contributed by atoms with van der Waals surface area (Å²) in [4.78, 5) is 0. The van der Waals surface area contributed by atoms with Crippen molar-refractivity contribution in [1.82, 2.24) is 0 Å². The van der Waals surface area contributed by atoms with Gasteiger partial charge in [0.2, 0.25) is 0 Å². The van der Waals surface area contributed by atoms with E-state index in [2.05, 4.69) is 4.74 Å². The Morgan fingerprint density at radius 1 is 1.21 bits per heavy atom. The van der Waals surface area contributed by atoms with Gasteiger partial charge in [0.05, 0.1) is 6.61 Å². The Hall–Kier alpha value is -1.30. The molecule has 14 heavy (non-hydrogen) atoms. The second-order valence-electron chi connectivity index (χ2n) is 2.43. The Morgan fingerprint density at radius 3 is 2.07 bits per heavy atom. The largest absolute Gasteiger partial charge is 0.429 e. The first kappa shape index (κ1) is 10.8. The van der Waals surface area contributed by atoms with Gasteiger partial charge in [-0.3, -0.25) is 0 Å². The van der Waals surface area contributed by atoms with Crippen molar-refractivity contribution < 1.29 is 27.4 Å². The number of hydrogen-bond donors (Lipinski definition) is 1. The van der Waals surface area contributed by atoms with E-state index >= 15 is 0 Å². The lowest BCUT2D eigenvalue weighted by molar-refractivity contribution is -0.0546. The number of alkyl halides is 2. The van der Waals surface area contributed by atoms with Crippen molar-refractivity contribution in [2.75, 3.05) is 0 Å². The van der Waals surface area contributed by atoms with Gasteiger partial charge < -0.3 is 9.84 Å². The molecular weight excluding hydrogens is 204 g/mol. The highest BCUT2D eigenvalue weighted by atomic mass is 19.3. The van der Waals surface area contributed by atoms with Gasteiger partial charge in [-0.15, -0.1) is 0 Å². The quantitative estimate of drug-likeness (QED) is 0.773. The third-order valence-electron chi connectivity index (χ3n) is 1.45. The van der Waals surface area contributed by atoms with Crippen LogP contribution in [0, 0.1) is 11.6 Å². The lowest BCUT2D eigenvalue weighted by Crippen LogP contribution is -2.06. The molecule has 0 bridgehead atoms. The average molecular weight is 210 g/mol. The van der Waals surface area contributed by atoms with Crippen LogP contribution in [-0.2, 0) is 6.61 Å². The second-order valence-corrected chi connectivity index (χ2v) is 2.43. The molecule has 0 atom stereocenters.